The molecule has 0 aliphatic rings. The SMILES string of the molecule is CCCCCCOc1ccc(/C=C/C(=O)Nc2ccccc2OC)cc1OC. The number of benzene rings is 2. The van der Waals surface area contributed by atoms with Gasteiger partial charge in [0.05, 0.1) is 26.5 Å². The molecule has 5 heteroatoms. The number of nitrogens with one attached hydrogen (secondary N) is 1. The Balaban J connectivity index is 1.96. The van der Waals surface area contributed by atoms with Crippen molar-refractivity contribution < 1.29 is 19.0 Å². The van der Waals surface area contributed by atoms with E-state index in [4.69, 9.17) is 14.2 Å². The van der Waals surface area contributed by atoms with E-state index in [2.05, 4.69) is 12.2 Å². The molecule has 0 saturated carbocycles. The number of para-hydroxylation sites is 2. The van der Waals surface area contributed by atoms with Gasteiger partial charge in [0.15, 0.2) is 11.5 Å². The number of ether oxygens (including phenoxy) is 3. The summed E-state index contributed by atoms with van der Waals surface area (Å²) in [5.74, 6) is 1.75. The van der Waals surface area contributed by atoms with E-state index in [1.165, 1.54) is 25.3 Å². The van der Waals surface area contributed by atoms with Crippen LogP contribution in [0.25, 0.3) is 6.08 Å². The van der Waals surface area contributed by atoms with Gasteiger partial charge in [-0.2, -0.15) is 0 Å². The van der Waals surface area contributed by atoms with Crippen LogP contribution < -0.4 is 19.5 Å². The van der Waals surface area contributed by atoms with Crippen LogP contribution in [0.15, 0.2) is 48.5 Å². The summed E-state index contributed by atoms with van der Waals surface area (Å²) in [6.07, 6.45) is 7.84. The van der Waals surface area contributed by atoms with Crippen molar-refractivity contribution in [3.8, 4) is 17.2 Å². The molecule has 1 N–H and O–H groups in total. The smallest absolute Gasteiger partial charge is 0.248 e. The highest BCUT2D eigenvalue weighted by atomic mass is 16.5. The summed E-state index contributed by atoms with van der Waals surface area (Å²) in [4.78, 5) is 12.2. The van der Waals surface area contributed by atoms with Gasteiger partial charge in [-0.1, -0.05) is 44.4 Å². The number of amides is 1. The summed E-state index contributed by atoms with van der Waals surface area (Å²) < 4.78 is 16.5. The van der Waals surface area contributed by atoms with Gasteiger partial charge in [-0.25, -0.2) is 0 Å². The average molecular weight is 383 g/mol. The lowest BCUT2D eigenvalue weighted by atomic mass is 10.2. The summed E-state index contributed by atoms with van der Waals surface area (Å²) in [6, 6.07) is 12.9. The minimum Gasteiger partial charge on any atom is -0.495 e. The summed E-state index contributed by atoms with van der Waals surface area (Å²) in [6.45, 7) is 2.86. The molecule has 0 unspecified atom stereocenters. The van der Waals surface area contributed by atoms with E-state index < -0.39 is 0 Å². The van der Waals surface area contributed by atoms with E-state index in [9.17, 15) is 4.79 Å². The average Bonchev–Trinajstić information content (AvgIpc) is 2.73. The first-order chi connectivity index (χ1) is 13.7. The first-order valence-corrected chi connectivity index (χ1v) is 9.60. The van der Waals surface area contributed by atoms with Gasteiger partial charge >= 0.3 is 0 Å². The van der Waals surface area contributed by atoms with Crippen LogP contribution in [0.2, 0.25) is 0 Å². The van der Waals surface area contributed by atoms with E-state index in [1.54, 1.807) is 32.4 Å². The fourth-order valence-electron chi connectivity index (χ4n) is 2.71. The van der Waals surface area contributed by atoms with Crippen LogP contribution in [-0.2, 0) is 4.79 Å². The summed E-state index contributed by atoms with van der Waals surface area (Å²) in [7, 11) is 3.18. The van der Waals surface area contributed by atoms with E-state index in [0.717, 1.165) is 17.7 Å². The van der Waals surface area contributed by atoms with Crippen LogP contribution in [0.4, 0.5) is 5.69 Å². The van der Waals surface area contributed by atoms with Crippen molar-refractivity contribution in [1.82, 2.24) is 0 Å². The molecule has 2 aromatic carbocycles. The number of carbonyl (C=O) groups is 1. The highest BCUT2D eigenvalue weighted by Crippen LogP contribution is 2.29. The predicted molar refractivity (Wildman–Crippen MR) is 113 cm³/mol. The second-order valence-corrected chi connectivity index (χ2v) is 6.34. The summed E-state index contributed by atoms with van der Waals surface area (Å²) in [5.41, 5.74) is 1.48. The number of methoxy groups -OCH3 is 2. The minimum absolute atomic E-state index is 0.236. The molecule has 1 amide bonds. The zero-order chi connectivity index (χ0) is 20.2. The molecule has 2 rings (SSSR count). The van der Waals surface area contributed by atoms with Gasteiger partial charge < -0.3 is 19.5 Å². The fraction of sp³-hybridized carbons (Fsp3) is 0.348. The van der Waals surface area contributed by atoms with Crippen molar-refractivity contribution in [2.45, 2.75) is 32.6 Å². The lowest BCUT2D eigenvalue weighted by molar-refractivity contribution is -0.111. The first-order valence-electron chi connectivity index (χ1n) is 9.60. The second kappa shape index (κ2) is 11.7. The Kier molecular flexibility index (Phi) is 8.92. The molecule has 5 nitrogen and oxygen atoms in total. The normalized spacial score (nSPS) is 10.7. The van der Waals surface area contributed by atoms with Crippen LogP contribution in [-0.4, -0.2) is 26.7 Å². The Morgan fingerprint density at radius 1 is 0.964 bits per heavy atom. The van der Waals surface area contributed by atoms with Gasteiger partial charge in [-0.3, -0.25) is 4.79 Å². The minimum atomic E-state index is -0.236. The van der Waals surface area contributed by atoms with Gasteiger partial charge in [0, 0.05) is 6.08 Å². The van der Waals surface area contributed by atoms with Gasteiger partial charge in [0.1, 0.15) is 5.75 Å². The van der Waals surface area contributed by atoms with Crippen molar-refractivity contribution in [1.29, 1.82) is 0 Å². The van der Waals surface area contributed by atoms with Crippen molar-refractivity contribution >= 4 is 17.7 Å². The van der Waals surface area contributed by atoms with Gasteiger partial charge in [0.25, 0.3) is 0 Å². The molecule has 0 atom stereocenters. The highest BCUT2D eigenvalue weighted by molar-refractivity contribution is 6.02. The lowest BCUT2D eigenvalue weighted by Gasteiger charge is -2.11. The molecule has 0 radical (unpaired) electrons. The van der Waals surface area contributed by atoms with E-state index in [-0.39, 0.29) is 5.91 Å². The molecule has 0 aliphatic heterocycles. The standard InChI is InChI=1S/C23H29NO4/c1-4-5-6-9-16-28-21-14-12-18(17-22(21)27-3)13-15-23(25)24-19-10-7-8-11-20(19)26-2/h7-8,10-15,17H,4-6,9,16H2,1-3H3,(H,24,25)/b15-13+. The highest BCUT2D eigenvalue weighted by Gasteiger charge is 2.06. The number of carbonyl (C=O) groups excluding carboxylic acids is 1. The third kappa shape index (κ3) is 6.65. The molecule has 0 saturated heterocycles. The van der Waals surface area contributed by atoms with E-state index in [0.29, 0.717) is 23.8 Å². The maximum atomic E-state index is 12.2. The number of hydrogen-bond donors (Lipinski definition) is 1. The van der Waals surface area contributed by atoms with Gasteiger partial charge in [0.2, 0.25) is 5.91 Å². The fourth-order valence-corrected chi connectivity index (χ4v) is 2.71. The Morgan fingerprint density at radius 3 is 2.50 bits per heavy atom. The topological polar surface area (TPSA) is 56.8 Å². The first kappa shape index (κ1) is 21.4. The molecule has 0 bridgehead atoms. The Morgan fingerprint density at radius 2 is 1.75 bits per heavy atom. The zero-order valence-corrected chi connectivity index (χ0v) is 16.9. The predicted octanol–water partition coefficient (Wildman–Crippen LogP) is 5.31. The number of rotatable bonds is 11. The Bertz CT molecular complexity index is 786. The van der Waals surface area contributed by atoms with Crippen molar-refractivity contribution in [2.24, 2.45) is 0 Å². The van der Waals surface area contributed by atoms with Crippen LogP contribution in [0.3, 0.4) is 0 Å². The number of hydrogen-bond acceptors (Lipinski definition) is 4. The maximum Gasteiger partial charge on any atom is 0.248 e. The number of anilines is 1. The van der Waals surface area contributed by atoms with Crippen LogP contribution in [0, 0.1) is 0 Å². The van der Waals surface area contributed by atoms with Gasteiger partial charge in [-0.15, -0.1) is 0 Å². The zero-order valence-electron chi connectivity index (χ0n) is 16.9. The second-order valence-electron chi connectivity index (χ2n) is 6.34. The van der Waals surface area contributed by atoms with E-state index >= 15 is 0 Å². The van der Waals surface area contributed by atoms with Crippen LogP contribution >= 0.6 is 0 Å². The molecular weight excluding hydrogens is 354 g/mol. The molecular formula is C23H29NO4. The molecule has 0 aromatic heterocycles. The maximum absolute atomic E-state index is 12.2. The molecule has 0 heterocycles. The quantitative estimate of drug-likeness (QED) is 0.422. The summed E-state index contributed by atoms with van der Waals surface area (Å²) in [5, 5.41) is 2.81. The third-order valence-corrected chi connectivity index (χ3v) is 4.24. The number of unbranched alkanes of at least 4 members (excludes halogenated alkanes) is 3. The van der Waals surface area contributed by atoms with E-state index in [1.807, 2.05) is 30.3 Å². The van der Waals surface area contributed by atoms with Crippen molar-refractivity contribution in [3.05, 3.63) is 54.1 Å². The Hall–Kier alpha value is -2.95. The van der Waals surface area contributed by atoms with Crippen molar-refractivity contribution in [3.63, 3.8) is 0 Å². The lowest BCUT2D eigenvalue weighted by Crippen LogP contribution is -2.08. The summed E-state index contributed by atoms with van der Waals surface area (Å²) >= 11 is 0. The molecule has 150 valence electrons. The Labute approximate surface area is 167 Å². The van der Waals surface area contributed by atoms with Crippen molar-refractivity contribution in [2.75, 3.05) is 26.1 Å². The third-order valence-electron chi connectivity index (χ3n) is 4.24. The molecule has 0 spiro atoms. The van der Waals surface area contributed by atoms with Gasteiger partial charge in [-0.05, 0) is 42.3 Å². The molecule has 28 heavy (non-hydrogen) atoms. The van der Waals surface area contributed by atoms with Crippen LogP contribution in [0.1, 0.15) is 38.2 Å². The van der Waals surface area contributed by atoms with Crippen LogP contribution in [0.5, 0.6) is 17.2 Å². The largest absolute Gasteiger partial charge is 0.495 e. The monoisotopic (exact) mass is 383 g/mol. The molecule has 2 aromatic rings. The molecule has 0 aliphatic carbocycles. The molecule has 0 fully saturated rings.